The van der Waals surface area contributed by atoms with Gasteiger partial charge in [-0.15, -0.1) is 0 Å². The second-order valence-corrected chi connectivity index (χ2v) is 28.8. The Morgan fingerprint density at radius 2 is 2.00 bits per heavy atom. The maximum absolute atomic E-state index is 6.03. The molecule has 3 rings (SSSR count). The van der Waals surface area contributed by atoms with Gasteiger partial charge in [-0.05, 0) is 0 Å². The van der Waals surface area contributed by atoms with Gasteiger partial charge in [0.2, 0.25) is 0 Å². The van der Waals surface area contributed by atoms with E-state index in [9.17, 15) is 0 Å². The fraction of sp³-hybridized carbons (Fsp3) is 0.133. The van der Waals surface area contributed by atoms with Crippen molar-refractivity contribution >= 4 is 60.7 Å². The zero-order chi connectivity index (χ0) is 14.8. The number of nitrogens with zero attached hydrogens (tertiary/aromatic N) is 2. The molecule has 0 bridgehead atoms. The van der Waals surface area contributed by atoms with Crippen LogP contribution in [0.25, 0.3) is 5.69 Å². The topological polar surface area (TPSA) is 17.8 Å². The Morgan fingerprint density at radius 3 is 2.62 bits per heavy atom. The molecule has 1 aromatic carbocycles. The summed E-state index contributed by atoms with van der Waals surface area (Å²) in [6.45, 7) is 0. The van der Waals surface area contributed by atoms with Crippen LogP contribution in [0.3, 0.4) is 0 Å². The van der Waals surface area contributed by atoms with E-state index in [0.717, 1.165) is 17.1 Å². The van der Waals surface area contributed by atoms with Gasteiger partial charge in [0.15, 0.2) is 0 Å². The first-order chi connectivity index (χ1) is 10.1. The van der Waals surface area contributed by atoms with E-state index in [1.165, 1.54) is 9.26 Å². The van der Waals surface area contributed by atoms with Crippen LogP contribution in [-0.2, 0) is 0 Å². The molecule has 1 heterocycles. The first kappa shape index (κ1) is 16.3. The molecule has 0 saturated carbocycles. The minimum absolute atomic E-state index is 0.344. The van der Waals surface area contributed by atoms with Crippen LogP contribution in [0.15, 0.2) is 59.8 Å². The van der Waals surface area contributed by atoms with Crippen LogP contribution >= 0.6 is 60.7 Å². The molecule has 0 amide bonds. The number of hydrogen-bond acceptors (Lipinski definition) is 1. The van der Waals surface area contributed by atoms with E-state index in [1.807, 2.05) is 29.0 Å². The Hall–Kier alpha value is 0.390. The molecule has 21 heavy (non-hydrogen) atoms. The summed E-state index contributed by atoms with van der Waals surface area (Å²) in [6, 6.07) is 10.3. The Morgan fingerprint density at radius 1 is 1.24 bits per heavy atom. The van der Waals surface area contributed by atoms with Gasteiger partial charge in [0.1, 0.15) is 0 Å². The van der Waals surface area contributed by atoms with Crippen molar-refractivity contribution in [1.82, 2.24) is 9.78 Å². The van der Waals surface area contributed by atoms with Crippen molar-refractivity contribution in [1.29, 1.82) is 0 Å². The Kier molecular flexibility index (Phi) is 5.66. The van der Waals surface area contributed by atoms with Crippen LogP contribution in [-0.4, -0.2) is 9.78 Å². The molecule has 110 valence electrons. The summed E-state index contributed by atoms with van der Waals surface area (Å²) in [5.74, 6) is 0.344. The molecule has 0 aliphatic heterocycles. The molecule has 1 aliphatic carbocycles. The molecular weight excluding hydrogens is 624 g/mol. The van der Waals surface area contributed by atoms with Gasteiger partial charge < -0.3 is 0 Å². The number of para-hydroxylation sites is 1. The second kappa shape index (κ2) is 7.31. The molecule has 0 saturated heterocycles. The van der Waals surface area contributed by atoms with Gasteiger partial charge in [-0.25, -0.2) is 0 Å². The molecule has 1 aliphatic rings. The molecule has 0 radical (unpaired) electrons. The van der Waals surface area contributed by atoms with E-state index in [2.05, 4.69) is 67.7 Å². The average molecular weight is 636 g/mol. The summed E-state index contributed by atoms with van der Waals surface area (Å²) in [7, 11) is 0. The van der Waals surface area contributed by atoms with Crippen LogP contribution < -0.4 is 0 Å². The number of benzene rings is 1. The summed E-state index contributed by atoms with van der Waals surface area (Å²) in [4.78, 5) is 0. The van der Waals surface area contributed by atoms with Crippen molar-refractivity contribution in [3.8, 4) is 5.69 Å². The van der Waals surface area contributed by atoms with Gasteiger partial charge in [0, 0.05) is 0 Å². The van der Waals surface area contributed by atoms with Crippen molar-refractivity contribution in [3.05, 3.63) is 69.1 Å². The third-order valence-corrected chi connectivity index (χ3v) is 11.2. The van der Waals surface area contributed by atoms with E-state index in [0.29, 0.717) is 5.92 Å². The first-order valence-electron chi connectivity index (χ1n) is 6.37. The summed E-state index contributed by atoms with van der Waals surface area (Å²) in [5, 5.41) is 5.70. The summed E-state index contributed by atoms with van der Waals surface area (Å²) in [5.41, 5.74) is 2.33. The third kappa shape index (κ3) is 3.84. The van der Waals surface area contributed by atoms with Gasteiger partial charge >= 0.3 is 158 Å². The van der Waals surface area contributed by atoms with Gasteiger partial charge in [0.25, 0.3) is 0 Å². The Balaban J connectivity index is 2.00. The third-order valence-electron chi connectivity index (χ3n) is 3.28. The molecule has 0 fully saturated rings. The minimum atomic E-state index is -1.17. The van der Waals surface area contributed by atoms with Crippen LogP contribution in [0.2, 0.25) is 0 Å². The first-order valence-corrected chi connectivity index (χ1v) is 20.4. The predicted octanol–water partition coefficient (Wildman–Crippen LogP) is 6.41. The maximum atomic E-state index is 6.03. The molecule has 2 nitrogen and oxygen atoms in total. The average Bonchev–Trinajstić information content (AvgIpc) is 2.94. The number of allylic oxidation sites excluding steroid dienone is 4. The standard InChI is InChI=1S/C15H12ClI3N2/c16-12-8-6-11(7-9-12)15-14(19(17)18)10-21(20-15)13-4-2-1-3-5-13/h1-6,8-11H,7H2. The molecule has 0 N–H and O–H groups in total. The van der Waals surface area contributed by atoms with E-state index >= 15 is 0 Å². The molecular formula is C15H12ClI3N2. The normalized spacial score (nSPS) is 18.5. The van der Waals surface area contributed by atoms with Crippen LogP contribution in [0.1, 0.15) is 18.0 Å². The molecule has 1 unspecified atom stereocenters. The number of hydrogen-bond donors (Lipinski definition) is 0. The summed E-state index contributed by atoms with van der Waals surface area (Å²) in [6.07, 6.45) is 9.39. The molecule has 1 atom stereocenters. The number of rotatable bonds is 3. The van der Waals surface area contributed by atoms with Gasteiger partial charge in [-0.1, -0.05) is 0 Å². The van der Waals surface area contributed by atoms with Gasteiger partial charge in [0.05, 0.1) is 0 Å². The van der Waals surface area contributed by atoms with Crippen LogP contribution in [0.5, 0.6) is 0 Å². The SMILES string of the molecule is ClC1=CCC(c2nn(-c3ccccc3)cc2I(I)I)C=C1. The molecule has 2 aromatic rings. The van der Waals surface area contributed by atoms with Crippen molar-refractivity contribution in [2.45, 2.75) is 12.3 Å². The van der Waals surface area contributed by atoms with E-state index in [4.69, 9.17) is 16.7 Å². The van der Waals surface area contributed by atoms with Crippen molar-refractivity contribution in [2.24, 2.45) is 0 Å². The van der Waals surface area contributed by atoms with Crippen molar-refractivity contribution in [3.63, 3.8) is 0 Å². The molecule has 1 aromatic heterocycles. The van der Waals surface area contributed by atoms with E-state index in [1.54, 1.807) is 0 Å². The van der Waals surface area contributed by atoms with Crippen molar-refractivity contribution < 1.29 is 0 Å². The van der Waals surface area contributed by atoms with E-state index in [-0.39, 0.29) is 0 Å². The zero-order valence-corrected chi connectivity index (χ0v) is 18.1. The quantitative estimate of drug-likeness (QED) is 0.356. The second-order valence-electron chi connectivity index (χ2n) is 4.63. The fourth-order valence-electron chi connectivity index (χ4n) is 2.24. The Bertz CT molecular complexity index is 692. The van der Waals surface area contributed by atoms with Crippen LogP contribution in [0, 0.1) is 3.57 Å². The van der Waals surface area contributed by atoms with Crippen LogP contribution in [0.4, 0.5) is 0 Å². The van der Waals surface area contributed by atoms with E-state index < -0.39 is 11.9 Å². The number of halogens is 4. The summed E-state index contributed by atoms with van der Waals surface area (Å²) < 4.78 is 3.45. The predicted molar refractivity (Wildman–Crippen MR) is 115 cm³/mol. The Labute approximate surface area is 155 Å². The van der Waals surface area contributed by atoms with Gasteiger partial charge in [-0.3, -0.25) is 0 Å². The number of aromatic nitrogens is 2. The fourth-order valence-corrected chi connectivity index (χ4v) is 8.01. The van der Waals surface area contributed by atoms with Crippen molar-refractivity contribution in [2.75, 3.05) is 0 Å². The molecule has 6 heteroatoms. The van der Waals surface area contributed by atoms with Gasteiger partial charge in [-0.2, -0.15) is 0 Å². The summed E-state index contributed by atoms with van der Waals surface area (Å²) >= 11 is 10.0. The zero-order valence-electron chi connectivity index (χ0n) is 10.9. The molecule has 0 spiro atoms. The monoisotopic (exact) mass is 636 g/mol.